The Kier molecular flexibility index (Phi) is 6.60. The molecular weight excluding hydrogens is 292 g/mol. The smallest absolute Gasteiger partial charge is 0.272 e. The number of nitrogens with zero attached hydrogens (tertiary/aromatic N) is 2. The average Bonchev–Trinajstić information content (AvgIpc) is 2.45. The second-order valence-electron chi connectivity index (χ2n) is 4.13. The Morgan fingerprint density at radius 3 is 2.80 bits per heavy atom. The van der Waals surface area contributed by atoms with Crippen molar-refractivity contribution in [2.45, 2.75) is 6.43 Å². The van der Waals surface area contributed by atoms with Gasteiger partial charge >= 0.3 is 0 Å². The number of hydrogen-bond donors (Lipinski definition) is 1. The van der Waals surface area contributed by atoms with Crippen LogP contribution in [0.1, 0.15) is 10.4 Å². The summed E-state index contributed by atoms with van der Waals surface area (Å²) in [4.78, 5) is 17.7. The molecular formula is C12H16ClF2N3O2. The van der Waals surface area contributed by atoms with Crippen LogP contribution in [0.15, 0.2) is 18.3 Å². The molecule has 8 heteroatoms. The van der Waals surface area contributed by atoms with Crippen molar-refractivity contribution < 1.29 is 18.3 Å². The summed E-state index contributed by atoms with van der Waals surface area (Å²) in [6.07, 6.45) is -1.18. The molecule has 1 aromatic rings. The number of pyridine rings is 1. The lowest BCUT2D eigenvalue weighted by molar-refractivity contribution is 0.0731. The molecule has 1 saturated heterocycles. The summed E-state index contributed by atoms with van der Waals surface area (Å²) >= 11 is 0. The lowest BCUT2D eigenvalue weighted by atomic mass is 10.2. The highest BCUT2D eigenvalue weighted by Gasteiger charge is 2.18. The predicted molar refractivity (Wildman–Crippen MR) is 71.8 cm³/mol. The predicted octanol–water partition coefficient (Wildman–Crippen LogP) is 1.19. The van der Waals surface area contributed by atoms with Gasteiger partial charge in [0.15, 0.2) is 6.61 Å². The number of ether oxygens (including phenoxy) is 1. The molecule has 2 heterocycles. The molecule has 0 spiro atoms. The molecule has 0 bridgehead atoms. The van der Waals surface area contributed by atoms with Gasteiger partial charge in [-0.25, -0.2) is 13.8 Å². The van der Waals surface area contributed by atoms with Crippen molar-refractivity contribution in [3.63, 3.8) is 0 Å². The van der Waals surface area contributed by atoms with Crippen molar-refractivity contribution in [1.29, 1.82) is 0 Å². The Morgan fingerprint density at radius 2 is 2.15 bits per heavy atom. The SMILES string of the molecule is Cl.O=C(c1ccnc(OCC(F)F)c1)N1CCNCC1. The molecule has 0 aliphatic carbocycles. The summed E-state index contributed by atoms with van der Waals surface area (Å²) in [5.41, 5.74) is 0.404. The third-order valence-electron chi connectivity index (χ3n) is 2.74. The van der Waals surface area contributed by atoms with Crippen molar-refractivity contribution in [2.75, 3.05) is 32.8 Å². The number of hydrogen-bond acceptors (Lipinski definition) is 4. The lowest BCUT2D eigenvalue weighted by Crippen LogP contribution is -2.46. The minimum atomic E-state index is -2.56. The van der Waals surface area contributed by atoms with Gasteiger partial charge in [0.1, 0.15) is 0 Å². The highest BCUT2D eigenvalue weighted by atomic mass is 35.5. The monoisotopic (exact) mass is 307 g/mol. The van der Waals surface area contributed by atoms with Gasteiger partial charge in [-0.3, -0.25) is 4.79 Å². The highest BCUT2D eigenvalue weighted by Crippen LogP contribution is 2.13. The van der Waals surface area contributed by atoms with Gasteiger partial charge in [-0.15, -0.1) is 12.4 Å². The maximum Gasteiger partial charge on any atom is 0.272 e. The van der Waals surface area contributed by atoms with Crippen LogP contribution < -0.4 is 10.1 Å². The van der Waals surface area contributed by atoms with Crippen molar-refractivity contribution in [2.24, 2.45) is 0 Å². The van der Waals surface area contributed by atoms with Crippen LogP contribution in [-0.2, 0) is 0 Å². The second-order valence-corrected chi connectivity index (χ2v) is 4.13. The van der Waals surface area contributed by atoms with Crippen LogP contribution in [0.4, 0.5) is 8.78 Å². The zero-order chi connectivity index (χ0) is 13.7. The van der Waals surface area contributed by atoms with Crippen molar-refractivity contribution in [1.82, 2.24) is 15.2 Å². The summed E-state index contributed by atoms with van der Waals surface area (Å²) in [6, 6.07) is 2.95. The van der Waals surface area contributed by atoms with Gasteiger partial charge in [-0.1, -0.05) is 0 Å². The first-order valence-corrected chi connectivity index (χ1v) is 6.04. The Morgan fingerprint density at radius 1 is 1.45 bits per heavy atom. The molecule has 0 saturated carbocycles. The van der Waals surface area contributed by atoms with Gasteiger partial charge in [0, 0.05) is 44.0 Å². The maximum atomic E-state index is 12.2. The number of halogens is 3. The van der Waals surface area contributed by atoms with E-state index in [2.05, 4.69) is 10.3 Å². The summed E-state index contributed by atoms with van der Waals surface area (Å²) in [6.45, 7) is 2.05. The third-order valence-corrected chi connectivity index (χ3v) is 2.74. The van der Waals surface area contributed by atoms with Crippen molar-refractivity contribution >= 4 is 18.3 Å². The molecule has 20 heavy (non-hydrogen) atoms. The highest BCUT2D eigenvalue weighted by molar-refractivity contribution is 5.94. The minimum Gasteiger partial charge on any atom is -0.472 e. The first kappa shape index (κ1) is 16.6. The molecule has 0 aromatic carbocycles. The zero-order valence-electron chi connectivity index (χ0n) is 10.7. The Hall–Kier alpha value is -1.47. The lowest BCUT2D eigenvalue weighted by Gasteiger charge is -2.27. The summed E-state index contributed by atoms with van der Waals surface area (Å²) in [5, 5.41) is 3.15. The van der Waals surface area contributed by atoms with E-state index in [0.717, 1.165) is 13.1 Å². The summed E-state index contributed by atoms with van der Waals surface area (Å²) < 4.78 is 28.9. The fraction of sp³-hybridized carbons (Fsp3) is 0.500. The maximum absolute atomic E-state index is 12.2. The fourth-order valence-electron chi connectivity index (χ4n) is 1.82. The van der Waals surface area contributed by atoms with Crippen LogP contribution in [0.25, 0.3) is 0 Å². The molecule has 1 aliphatic rings. The molecule has 2 rings (SSSR count). The van der Waals surface area contributed by atoms with E-state index < -0.39 is 13.0 Å². The van der Waals surface area contributed by atoms with E-state index in [0.29, 0.717) is 18.7 Å². The Bertz CT molecular complexity index is 442. The normalized spacial score (nSPS) is 14.8. The Balaban J connectivity index is 0.00000200. The van der Waals surface area contributed by atoms with Crippen LogP contribution in [0.5, 0.6) is 5.88 Å². The molecule has 1 N–H and O–H groups in total. The van der Waals surface area contributed by atoms with Gasteiger partial charge in [0.25, 0.3) is 12.3 Å². The minimum absolute atomic E-state index is 0. The quantitative estimate of drug-likeness (QED) is 0.908. The number of nitrogens with one attached hydrogen (secondary N) is 1. The van der Waals surface area contributed by atoms with Gasteiger partial charge in [0.2, 0.25) is 5.88 Å². The van der Waals surface area contributed by atoms with E-state index in [4.69, 9.17) is 4.74 Å². The molecule has 0 radical (unpaired) electrons. The zero-order valence-corrected chi connectivity index (χ0v) is 11.5. The number of alkyl halides is 2. The number of rotatable bonds is 4. The molecule has 0 unspecified atom stereocenters. The third kappa shape index (κ3) is 4.57. The van der Waals surface area contributed by atoms with Crippen molar-refractivity contribution in [3.05, 3.63) is 23.9 Å². The summed E-state index contributed by atoms with van der Waals surface area (Å²) in [7, 11) is 0. The molecule has 0 atom stereocenters. The van der Waals surface area contributed by atoms with Gasteiger partial charge in [0.05, 0.1) is 0 Å². The van der Waals surface area contributed by atoms with Crippen molar-refractivity contribution in [3.8, 4) is 5.88 Å². The molecule has 1 fully saturated rings. The van der Waals surface area contributed by atoms with E-state index >= 15 is 0 Å². The molecule has 1 aromatic heterocycles. The second kappa shape index (κ2) is 7.96. The molecule has 5 nitrogen and oxygen atoms in total. The number of amides is 1. The molecule has 1 aliphatic heterocycles. The number of carbonyl (C=O) groups is 1. The van der Waals surface area contributed by atoms with Gasteiger partial charge in [-0.2, -0.15) is 0 Å². The van der Waals surface area contributed by atoms with E-state index in [1.807, 2.05) is 0 Å². The van der Waals surface area contributed by atoms with E-state index in [1.54, 1.807) is 11.0 Å². The van der Waals surface area contributed by atoms with Crippen LogP contribution in [0, 0.1) is 0 Å². The van der Waals surface area contributed by atoms with Crippen LogP contribution in [0.3, 0.4) is 0 Å². The standard InChI is InChI=1S/C12H15F2N3O2.ClH/c13-10(14)8-19-11-7-9(1-2-16-11)12(18)17-5-3-15-4-6-17;/h1-2,7,10,15H,3-6,8H2;1H. The number of aromatic nitrogens is 1. The van der Waals surface area contributed by atoms with Gasteiger partial charge in [-0.05, 0) is 6.07 Å². The van der Waals surface area contributed by atoms with Crippen LogP contribution in [0.2, 0.25) is 0 Å². The molecule has 1 amide bonds. The topological polar surface area (TPSA) is 54.5 Å². The summed E-state index contributed by atoms with van der Waals surface area (Å²) in [5.74, 6) is -0.0907. The van der Waals surface area contributed by atoms with Crippen LogP contribution >= 0.6 is 12.4 Å². The van der Waals surface area contributed by atoms with Gasteiger partial charge < -0.3 is 15.0 Å². The fourth-order valence-corrected chi connectivity index (χ4v) is 1.82. The van der Waals surface area contributed by atoms with E-state index in [1.165, 1.54) is 12.3 Å². The Labute approximate surface area is 121 Å². The van der Waals surface area contributed by atoms with E-state index in [-0.39, 0.29) is 24.2 Å². The largest absolute Gasteiger partial charge is 0.472 e. The van der Waals surface area contributed by atoms with Crippen LogP contribution in [-0.4, -0.2) is 55.0 Å². The first-order chi connectivity index (χ1) is 9.16. The number of carbonyl (C=O) groups excluding carboxylic acids is 1. The molecule has 112 valence electrons. The number of piperazine rings is 1. The van der Waals surface area contributed by atoms with E-state index in [9.17, 15) is 13.6 Å². The first-order valence-electron chi connectivity index (χ1n) is 6.04. The average molecular weight is 308 g/mol.